The van der Waals surface area contributed by atoms with Gasteiger partial charge in [0.15, 0.2) is 0 Å². The average molecular weight is 157 g/mol. The molecule has 0 spiro atoms. The van der Waals surface area contributed by atoms with E-state index in [2.05, 4.69) is 0 Å². The quantitative estimate of drug-likeness (QED) is 0.673. The molecule has 0 amide bonds. The minimum Gasteiger partial charge on any atom is -0.468 e. The maximum absolute atomic E-state index is 5.32. The molecule has 10 heavy (non-hydrogen) atoms. The molecule has 0 saturated carbocycles. The van der Waals surface area contributed by atoms with Gasteiger partial charge in [0.1, 0.15) is 5.76 Å². The zero-order valence-corrected chi connectivity index (χ0v) is 6.56. The summed E-state index contributed by atoms with van der Waals surface area (Å²) in [7, 11) is 0. The topological polar surface area (TPSA) is 39.2 Å². The van der Waals surface area contributed by atoms with Gasteiger partial charge < -0.3 is 10.2 Å². The predicted octanol–water partition coefficient (Wildman–Crippen LogP) is 1.47. The van der Waals surface area contributed by atoms with E-state index in [1.54, 1.807) is 18.0 Å². The van der Waals surface area contributed by atoms with Crippen molar-refractivity contribution in [1.82, 2.24) is 0 Å². The van der Waals surface area contributed by atoms with Crippen LogP contribution in [-0.4, -0.2) is 12.3 Å². The summed E-state index contributed by atoms with van der Waals surface area (Å²) in [4.78, 5) is 0. The van der Waals surface area contributed by atoms with Crippen LogP contribution in [0.2, 0.25) is 0 Å². The van der Waals surface area contributed by atoms with E-state index in [0.29, 0.717) is 0 Å². The minimum atomic E-state index is 0.741. The largest absolute Gasteiger partial charge is 0.468 e. The van der Waals surface area contributed by atoms with Gasteiger partial charge in [-0.25, -0.2) is 0 Å². The molecule has 1 rings (SSSR count). The fraction of sp³-hybridized carbons (Fsp3) is 0.429. The van der Waals surface area contributed by atoms with Crippen LogP contribution in [0.5, 0.6) is 0 Å². The number of furan rings is 1. The van der Waals surface area contributed by atoms with Crippen molar-refractivity contribution in [3.05, 3.63) is 24.2 Å². The Labute approximate surface area is 64.8 Å². The molecule has 0 aliphatic rings. The molecule has 3 heteroatoms. The fourth-order valence-electron chi connectivity index (χ4n) is 0.651. The van der Waals surface area contributed by atoms with Crippen LogP contribution in [0.1, 0.15) is 5.76 Å². The standard InChI is InChI=1S/C7H11NOS/c8-3-5-10-6-7-2-1-4-9-7/h1-2,4H,3,5-6,8H2. The average Bonchev–Trinajstić information content (AvgIpc) is 2.41. The van der Waals surface area contributed by atoms with Gasteiger partial charge in [-0.05, 0) is 12.1 Å². The molecule has 2 N–H and O–H groups in total. The Hall–Kier alpha value is -0.410. The lowest BCUT2D eigenvalue weighted by Crippen LogP contribution is -2.01. The smallest absolute Gasteiger partial charge is 0.113 e. The number of hydrogen-bond acceptors (Lipinski definition) is 3. The van der Waals surface area contributed by atoms with Gasteiger partial charge in [-0.2, -0.15) is 11.8 Å². The highest BCUT2D eigenvalue weighted by atomic mass is 32.2. The maximum atomic E-state index is 5.32. The van der Waals surface area contributed by atoms with Crippen molar-refractivity contribution in [3.8, 4) is 0 Å². The molecule has 0 aromatic carbocycles. The summed E-state index contributed by atoms with van der Waals surface area (Å²) >= 11 is 1.79. The number of hydrogen-bond donors (Lipinski definition) is 1. The Bertz CT molecular complexity index is 162. The van der Waals surface area contributed by atoms with Crippen molar-refractivity contribution in [1.29, 1.82) is 0 Å². The molecule has 0 aliphatic heterocycles. The molecule has 0 fully saturated rings. The SMILES string of the molecule is NCCSCc1ccco1. The molecule has 2 nitrogen and oxygen atoms in total. The highest BCUT2D eigenvalue weighted by Gasteiger charge is 1.93. The van der Waals surface area contributed by atoms with Gasteiger partial charge in [0.05, 0.1) is 12.0 Å². The van der Waals surface area contributed by atoms with Crippen LogP contribution >= 0.6 is 11.8 Å². The van der Waals surface area contributed by atoms with Gasteiger partial charge >= 0.3 is 0 Å². The summed E-state index contributed by atoms with van der Waals surface area (Å²) in [5.74, 6) is 2.96. The summed E-state index contributed by atoms with van der Waals surface area (Å²) in [6.07, 6.45) is 1.69. The highest BCUT2D eigenvalue weighted by molar-refractivity contribution is 7.98. The molecule has 0 bridgehead atoms. The van der Waals surface area contributed by atoms with Crippen LogP contribution in [0.4, 0.5) is 0 Å². The summed E-state index contributed by atoms with van der Waals surface area (Å²) in [6, 6.07) is 3.88. The second-order valence-corrected chi connectivity index (χ2v) is 3.03. The molecule has 0 aliphatic carbocycles. The van der Waals surface area contributed by atoms with Crippen LogP contribution < -0.4 is 5.73 Å². The van der Waals surface area contributed by atoms with E-state index in [-0.39, 0.29) is 0 Å². The third-order valence-corrected chi connectivity index (χ3v) is 2.10. The number of thioether (sulfide) groups is 1. The van der Waals surface area contributed by atoms with Crippen molar-refractivity contribution >= 4 is 11.8 Å². The van der Waals surface area contributed by atoms with Gasteiger partial charge in [0.2, 0.25) is 0 Å². The van der Waals surface area contributed by atoms with E-state index >= 15 is 0 Å². The van der Waals surface area contributed by atoms with Gasteiger partial charge in [0.25, 0.3) is 0 Å². The molecular formula is C7H11NOS. The first kappa shape index (κ1) is 7.69. The van der Waals surface area contributed by atoms with Crippen LogP contribution in [0.3, 0.4) is 0 Å². The van der Waals surface area contributed by atoms with E-state index in [1.807, 2.05) is 12.1 Å². The van der Waals surface area contributed by atoms with E-state index in [4.69, 9.17) is 10.2 Å². The number of nitrogens with two attached hydrogens (primary N) is 1. The fourth-order valence-corrected chi connectivity index (χ4v) is 1.33. The first-order valence-corrected chi connectivity index (χ1v) is 4.39. The van der Waals surface area contributed by atoms with Crippen molar-refractivity contribution in [2.75, 3.05) is 12.3 Å². The van der Waals surface area contributed by atoms with Crippen molar-refractivity contribution < 1.29 is 4.42 Å². The zero-order valence-electron chi connectivity index (χ0n) is 5.75. The second-order valence-electron chi connectivity index (χ2n) is 1.92. The van der Waals surface area contributed by atoms with E-state index < -0.39 is 0 Å². The van der Waals surface area contributed by atoms with Gasteiger partial charge in [-0.15, -0.1) is 0 Å². The normalized spacial score (nSPS) is 10.1. The molecular weight excluding hydrogens is 146 g/mol. The Morgan fingerprint density at radius 3 is 3.10 bits per heavy atom. The van der Waals surface area contributed by atoms with E-state index in [0.717, 1.165) is 23.8 Å². The van der Waals surface area contributed by atoms with Crippen LogP contribution in [0, 0.1) is 0 Å². The number of rotatable bonds is 4. The second kappa shape index (κ2) is 4.41. The zero-order chi connectivity index (χ0) is 7.23. The Kier molecular flexibility index (Phi) is 3.40. The highest BCUT2D eigenvalue weighted by Crippen LogP contribution is 2.10. The Morgan fingerprint density at radius 1 is 1.60 bits per heavy atom. The molecule has 1 heterocycles. The molecule has 0 saturated heterocycles. The van der Waals surface area contributed by atoms with Crippen molar-refractivity contribution in [3.63, 3.8) is 0 Å². The Morgan fingerprint density at radius 2 is 2.50 bits per heavy atom. The molecule has 1 aromatic rings. The van der Waals surface area contributed by atoms with E-state index in [9.17, 15) is 0 Å². The van der Waals surface area contributed by atoms with Gasteiger partial charge in [0, 0.05) is 12.3 Å². The third-order valence-electron chi connectivity index (χ3n) is 1.09. The lowest BCUT2D eigenvalue weighted by Gasteiger charge is -1.93. The van der Waals surface area contributed by atoms with Crippen LogP contribution in [-0.2, 0) is 5.75 Å². The minimum absolute atomic E-state index is 0.741. The Balaban J connectivity index is 2.15. The first-order valence-electron chi connectivity index (χ1n) is 3.23. The molecule has 56 valence electrons. The lowest BCUT2D eigenvalue weighted by atomic mass is 10.5. The van der Waals surface area contributed by atoms with Crippen LogP contribution in [0.15, 0.2) is 22.8 Å². The molecule has 1 aromatic heterocycles. The maximum Gasteiger partial charge on any atom is 0.113 e. The lowest BCUT2D eigenvalue weighted by molar-refractivity contribution is 0.530. The molecule has 0 radical (unpaired) electrons. The summed E-state index contributed by atoms with van der Waals surface area (Å²) in [5.41, 5.74) is 5.32. The van der Waals surface area contributed by atoms with E-state index in [1.165, 1.54) is 0 Å². The van der Waals surface area contributed by atoms with Gasteiger partial charge in [-0.3, -0.25) is 0 Å². The van der Waals surface area contributed by atoms with Gasteiger partial charge in [-0.1, -0.05) is 0 Å². The first-order chi connectivity index (χ1) is 4.93. The predicted molar refractivity (Wildman–Crippen MR) is 43.9 cm³/mol. The van der Waals surface area contributed by atoms with Crippen molar-refractivity contribution in [2.24, 2.45) is 5.73 Å². The van der Waals surface area contributed by atoms with Crippen LogP contribution in [0.25, 0.3) is 0 Å². The monoisotopic (exact) mass is 157 g/mol. The summed E-state index contributed by atoms with van der Waals surface area (Å²) in [6.45, 7) is 0.741. The molecule has 0 unspecified atom stereocenters. The summed E-state index contributed by atoms with van der Waals surface area (Å²) in [5, 5.41) is 0. The molecule has 0 atom stereocenters. The summed E-state index contributed by atoms with van der Waals surface area (Å²) < 4.78 is 5.12. The third kappa shape index (κ3) is 2.45. The van der Waals surface area contributed by atoms with Crippen molar-refractivity contribution in [2.45, 2.75) is 5.75 Å².